The number of aromatic nitrogens is 2. The van der Waals surface area contributed by atoms with Crippen LogP contribution in [-0.4, -0.2) is 9.13 Å². The van der Waals surface area contributed by atoms with E-state index in [2.05, 4.69) is 187 Å². The smallest absolute Gasteiger partial charge is 0.0632 e. The van der Waals surface area contributed by atoms with Gasteiger partial charge in [-0.2, -0.15) is 0 Å². The zero-order chi connectivity index (χ0) is 33.8. The molecule has 1 unspecified atom stereocenters. The fourth-order valence-corrected chi connectivity index (χ4v) is 9.44. The molecule has 7 aromatic carbocycles. The molecule has 51 heavy (non-hydrogen) atoms. The molecule has 0 spiro atoms. The number of benzene rings is 7. The third kappa shape index (κ3) is 3.99. The zero-order valence-electron chi connectivity index (χ0n) is 28.8. The van der Waals surface area contributed by atoms with E-state index in [4.69, 9.17) is 0 Å². The summed E-state index contributed by atoms with van der Waals surface area (Å²) < 4.78 is 5.03. The first-order chi connectivity index (χ1) is 25.1. The van der Waals surface area contributed by atoms with Crippen LogP contribution in [0.2, 0.25) is 0 Å². The van der Waals surface area contributed by atoms with Gasteiger partial charge in [0.1, 0.15) is 0 Å². The Labute approximate surface area is 297 Å². The molecule has 11 rings (SSSR count). The molecule has 0 saturated heterocycles. The van der Waals surface area contributed by atoms with Gasteiger partial charge in [-0.25, -0.2) is 0 Å². The molecule has 242 valence electrons. The van der Waals surface area contributed by atoms with E-state index in [1.807, 2.05) is 0 Å². The molecule has 2 nitrogen and oxygen atoms in total. The molecule has 0 N–H and O–H groups in total. The highest BCUT2D eigenvalue weighted by molar-refractivity contribution is 6.12. The summed E-state index contributed by atoms with van der Waals surface area (Å²) in [5, 5.41) is 5.17. The minimum atomic E-state index is -0.0489. The van der Waals surface area contributed by atoms with Crippen molar-refractivity contribution >= 4 is 49.7 Å². The predicted molar refractivity (Wildman–Crippen MR) is 215 cm³/mol. The summed E-state index contributed by atoms with van der Waals surface area (Å²) in [7, 11) is 0. The average Bonchev–Trinajstić information content (AvgIpc) is 3.77. The van der Waals surface area contributed by atoms with Gasteiger partial charge in [0.05, 0.1) is 17.1 Å². The Hall–Kier alpha value is -6.12. The van der Waals surface area contributed by atoms with E-state index in [9.17, 15) is 0 Å². The summed E-state index contributed by atoms with van der Waals surface area (Å²) in [5.74, 6) is 0. The number of nitrogens with zero attached hydrogens (tertiary/aromatic N) is 2. The van der Waals surface area contributed by atoms with E-state index in [-0.39, 0.29) is 11.5 Å². The minimum absolute atomic E-state index is 0.0489. The van der Waals surface area contributed by atoms with Crippen LogP contribution >= 0.6 is 0 Å². The van der Waals surface area contributed by atoms with Gasteiger partial charge in [0, 0.05) is 43.7 Å². The quantitative estimate of drug-likeness (QED) is 0.180. The van der Waals surface area contributed by atoms with E-state index in [1.54, 1.807) is 0 Å². The third-order valence-electron chi connectivity index (χ3n) is 11.9. The van der Waals surface area contributed by atoms with Crippen LogP contribution in [0, 0.1) is 0 Å². The minimum Gasteiger partial charge on any atom is -0.332 e. The van der Waals surface area contributed by atoms with Crippen LogP contribution in [0.15, 0.2) is 158 Å². The molecule has 0 radical (unpaired) electrons. The molecule has 2 heterocycles. The normalized spacial score (nSPS) is 15.8. The Bertz CT molecular complexity index is 2930. The summed E-state index contributed by atoms with van der Waals surface area (Å²) in [6.45, 7) is 4.72. The van der Waals surface area contributed by atoms with Gasteiger partial charge in [-0.05, 0) is 99.5 Å². The lowest BCUT2D eigenvalue weighted by Gasteiger charge is -2.25. The Morgan fingerprint density at radius 3 is 1.96 bits per heavy atom. The van der Waals surface area contributed by atoms with Crippen molar-refractivity contribution in [3.63, 3.8) is 0 Å². The van der Waals surface area contributed by atoms with E-state index in [1.165, 1.54) is 93.8 Å². The van der Waals surface area contributed by atoms with Crippen molar-refractivity contribution in [3.05, 3.63) is 180 Å². The number of para-hydroxylation sites is 2. The lowest BCUT2D eigenvalue weighted by molar-refractivity contribution is 0.625. The molecule has 2 aliphatic rings. The van der Waals surface area contributed by atoms with Gasteiger partial charge in [0.25, 0.3) is 0 Å². The Kier molecular flexibility index (Phi) is 5.88. The number of allylic oxidation sites excluding steroid dienone is 1. The van der Waals surface area contributed by atoms with Crippen molar-refractivity contribution in [3.8, 4) is 27.9 Å². The van der Waals surface area contributed by atoms with Crippen LogP contribution < -0.4 is 0 Å². The van der Waals surface area contributed by atoms with Crippen LogP contribution in [0.3, 0.4) is 0 Å². The lowest BCUT2D eigenvalue weighted by atomic mass is 9.82. The van der Waals surface area contributed by atoms with Crippen LogP contribution in [0.25, 0.3) is 77.6 Å². The van der Waals surface area contributed by atoms with Gasteiger partial charge < -0.3 is 9.13 Å². The lowest BCUT2D eigenvalue weighted by Crippen LogP contribution is -2.15. The zero-order valence-corrected chi connectivity index (χ0v) is 28.8. The van der Waals surface area contributed by atoms with Crippen LogP contribution in [0.5, 0.6) is 0 Å². The fraction of sp³-hybridized carbons (Fsp3) is 0.102. The highest BCUT2D eigenvalue weighted by Crippen LogP contribution is 2.49. The predicted octanol–water partition coefficient (Wildman–Crippen LogP) is 12.9. The molecule has 1 atom stereocenters. The maximum atomic E-state index is 2.57. The summed E-state index contributed by atoms with van der Waals surface area (Å²) in [6.07, 6.45) is 5.59. The second-order valence-electron chi connectivity index (χ2n) is 14.9. The van der Waals surface area contributed by atoms with Gasteiger partial charge in [-0.1, -0.05) is 129 Å². The van der Waals surface area contributed by atoms with Gasteiger partial charge in [0.2, 0.25) is 0 Å². The standard InChI is InChI=1S/C49H36N2/c1-49(2)42-18-8-5-15-36(42)37-25-24-34(30-43(37)49)50-45-19-9-6-16-38(45)40-28-32(22-26-47(40)50)33-23-27-48-41(29-33)39-17-7-10-20-46(39)51(48)44-21-11-13-31-12-3-4-14-35(31)44/h3-20,22-30,44H,21H2,1-2H3. The van der Waals surface area contributed by atoms with E-state index in [0.717, 1.165) is 6.42 Å². The summed E-state index contributed by atoms with van der Waals surface area (Å²) in [4.78, 5) is 0. The second-order valence-corrected chi connectivity index (χ2v) is 14.9. The molecule has 2 aromatic heterocycles. The molecule has 2 heteroatoms. The van der Waals surface area contributed by atoms with Crippen LogP contribution in [0.1, 0.15) is 48.6 Å². The number of hydrogen-bond donors (Lipinski definition) is 0. The van der Waals surface area contributed by atoms with E-state index in [0.29, 0.717) is 0 Å². The van der Waals surface area contributed by atoms with Gasteiger partial charge >= 0.3 is 0 Å². The molecule has 0 fully saturated rings. The van der Waals surface area contributed by atoms with E-state index >= 15 is 0 Å². The Balaban J connectivity index is 1.07. The first-order valence-corrected chi connectivity index (χ1v) is 18.1. The Morgan fingerprint density at radius 2 is 1.12 bits per heavy atom. The average molecular weight is 653 g/mol. The van der Waals surface area contributed by atoms with Crippen LogP contribution in [0.4, 0.5) is 0 Å². The largest absolute Gasteiger partial charge is 0.332 e. The van der Waals surface area contributed by atoms with Crippen molar-refractivity contribution < 1.29 is 0 Å². The molecular weight excluding hydrogens is 617 g/mol. The molecular formula is C49H36N2. The molecule has 2 aliphatic carbocycles. The maximum Gasteiger partial charge on any atom is 0.0632 e. The monoisotopic (exact) mass is 652 g/mol. The Morgan fingerprint density at radius 1 is 0.510 bits per heavy atom. The molecule has 0 saturated carbocycles. The third-order valence-corrected chi connectivity index (χ3v) is 11.9. The van der Waals surface area contributed by atoms with Crippen molar-refractivity contribution in [1.82, 2.24) is 9.13 Å². The topological polar surface area (TPSA) is 9.86 Å². The second kappa shape index (κ2) is 10.4. The van der Waals surface area contributed by atoms with Gasteiger partial charge in [-0.3, -0.25) is 0 Å². The summed E-state index contributed by atoms with van der Waals surface area (Å²) >= 11 is 0. The summed E-state index contributed by atoms with van der Waals surface area (Å²) in [6, 6.07) is 57.0. The van der Waals surface area contributed by atoms with E-state index < -0.39 is 0 Å². The number of rotatable bonds is 3. The van der Waals surface area contributed by atoms with Crippen molar-refractivity contribution in [2.24, 2.45) is 0 Å². The molecule has 0 aliphatic heterocycles. The highest BCUT2D eigenvalue weighted by atomic mass is 15.0. The first-order valence-electron chi connectivity index (χ1n) is 18.1. The molecule has 0 amide bonds. The van der Waals surface area contributed by atoms with Gasteiger partial charge in [-0.15, -0.1) is 0 Å². The molecule has 9 aromatic rings. The first kappa shape index (κ1) is 28.7. The maximum absolute atomic E-state index is 2.57. The highest BCUT2D eigenvalue weighted by Gasteiger charge is 2.35. The van der Waals surface area contributed by atoms with Crippen molar-refractivity contribution in [2.75, 3.05) is 0 Å². The summed E-state index contributed by atoms with van der Waals surface area (Å²) in [5.41, 5.74) is 16.9. The number of fused-ring (bicyclic) bond motifs is 10. The fourth-order valence-electron chi connectivity index (χ4n) is 9.44. The number of hydrogen-bond acceptors (Lipinski definition) is 0. The molecule has 0 bridgehead atoms. The van der Waals surface area contributed by atoms with Crippen molar-refractivity contribution in [1.29, 1.82) is 0 Å². The van der Waals surface area contributed by atoms with Crippen LogP contribution in [-0.2, 0) is 5.41 Å². The SMILES string of the molecule is CC1(C)c2ccccc2-c2ccc(-n3c4ccccc4c4cc(-c5ccc6c(c5)c5ccccc5n6C5CC=Cc6ccccc65)ccc43)cc21. The van der Waals surface area contributed by atoms with Crippen molar-refractivity contribution in [2.45, 2.75) is 31.7 Å². The van der Waals surface area contributed by atoms with Gasteiger partial charge in [0.15, 0.2) is 0 Å².